The maximum atomic E-state index is 13.2. The van der Waals surface area contributed by atoms with Gasteiger partial charge in [-0.3, -0.25) is 0 Å². The van der Waals surface area contributed by atoms with Gasteiger partial charge in [-0.2, -0.15) is 11.3 Å². The van der Waals surface area contributed by atoms with Crippen LogP contribution in [-0.2, 0) is 21.3 Å². The number of thiophene rings is 1. The monoisotopic (exact) mass is 432 g/mol. The standard InChI is InChI=1S/C21H24N2O4S2/c1-21(2,3)27-20(24)22(4)13-16-12-19(17-10-11-28-15-17)23(14-16)29(25,26)18-8-6-5-7-9-18/h5-12,14-15H,13H2,1-4H3. The van der Waals surface area contributed by atoms with E-state index in [4.69, 9.17) is 4.74 Å². The SMILES string of the molecule is CN(Cc1cc(-c2ccsc2)n(S(=O)(=O)c2ccccc2)c1)C(=O)OC(C)(C)C. The summed E-state index contributed by atoms with van der Waals surface area (Å²) in [6, 6.07) is 12.0. The van der Waals surface area contributed by atoms with Crippen molar-refractivity contribution < 1.29 is 17.9 Å². The molecule has 0 radical (unpaired) electrons. The molecule has 0 aliphatic carbocycles. The van der Waals surface area contributed by atoms with Crippen molar-refractivity contribution in [3.8, 4) is 11.3 Å². The number of benzene rings is 1. The quantitative estimate of drug-likeness (QED) is 0.580. The fourth-order valence-corrected chi connectivity index (χ4v) is 4.86. The molecule has 0 bridgehead atoms. The lowest BCUT2D eigenvalue weighted by Gasteiger charge is -2.24. The van der Waals surface area contributed by atoms with E-state index < -0.39 is 21.7 Å². The predicted molar refractivity (Wildman–Crippen MR) is 114 cm³/mol. The number of hydrogen-bond acceptors (Lipinski definition) is 5. The van der Waals surface area contributed by atoms with Crippen molar-refractivity contribution in [2.75, 3.05) is 7.05 Å². The van der Waals surface area contributed by atoms with Crippen LogP contribution in [0.3, 0.4) is 0 Å². The highest BCUT2D eigenvalue weighted by atomic mass is 32.2. The zero-order chi connectivity index (χ0) is 21.2. The van der Waals surface area contributed by atoms with Crippen LogP contribution < -0.4 is 0 Å². The highest BCUT2D eigenvalue weighted by molar-refractivity contribution is 7.90. The van der Waals surface area contributed by atoms with Crippen molar-refractivity contribution in [1.82, 2.24) is 8.87 Å². The Morgan fingerprint density at radius 3 is 2.45 bits per heavy atom. The summed E-state index contributed by atoms with van der Waals surface area (Å²) in [6.45, 7) is 5.63. The molecule has 6 nitrogen and oxygen atoms in total. The summed E-state index contributed by atoms with van der Waals surface area (Å²) in [5.74, 6) is 0. The lowest BCUT2D eigenvalue weighted by molar-refractivity contribution is 0.0285. The van der Waals surface area contributed by atoms with E-state index in [0.29, 0.717) is 11.3 Å². The fourth-order valence-electron chi connectivity index (χ4n) is 2.79. The summed E-state index contributed by atoms with van der Waals surface area (Å²) in [4.78, 5) is 13.9. The Bertz CT molecular complexity index is 1080. The van der Waals surface area contributed by atoms with Gasteiger partial charge in [-0.15, -0.1) is 0 Å². The molecule has 2 aromatic heterocycles. The van der Waals surface area contributed by atoms with Gasteiger partial charge in [-0.05, 0) is 56.0 Å². The van der Waals surface area contributed by atoms with E-state index in [1.54, 1.807) is 70.4 Å². The third kappa shape index (κ3) is 4.89. The number of amides is 1. The largest absolute Gasteiger partial charge is 0.444 e. The van der Waals surface area contributed by atoms with E-state index in [1.165, 1.54) is 20.2 Å². The maximum absolute atomic E-state index is 13.2. The number of carbonyl (C=O) groups is 1. The second-order valence-corrected chi connectivity index (χ2v) is 10.3. The molecule has 3 rings (SSSR count). The molecule has 0 atom stereocenters. The first kappa shape index (κ1) is 21.1. The van der Waals surface area contributed by atoms with E-state index in [2.05, 4.69) is 0 Å². The van der Waals surface area contributed by atoms with Gasteiger partial charge in [0, 0.05) is 24.2 Å². The Labute approximate surface area is 175 Å². The number of carbonyl (C=O) groups excluding carboxylic acids is 1. The molecule has 0 saturated carbocycles. The minimum Gasteiger partial charge on any atom is -0.444 e. The third-order valence-corrected chi connectivity index (χ3v) is 6.46. The smallest absolute Gasteiger partial charge is 0.410 e. The van der Waals surface area contributed by atoms with Crippen LogP contribution in [0.4, 0.5) is 4.79 Å². The zero-order valence-electron chi connectivity index (χ0n) is 16.8. The summed E-state index contributed by atoms with van der Waals surface area (Å²) >= 11 is 1.49. The first-order valence-corrected chi connectivity index (χ1v) is 11.4. The van der Waals surface area contributed by atoms with Gasteiger partial charge in [0.1, 0.15) is 5.60 Å². The number of ether oxygens (including phenoxy) is 1. The molecule has 0 spiro atoms. The molecule has 0 aliphatic heterocycles. The van der Waals surface area contributed by atoms with E-state index in [-0.39, 0.29) is 11.4 Å². The average Bonchev–Trinajstić information content (AvgIpc) is 3.30. The van der Waals surface area contributed by atoms with Crippen LogP contribution in [0.5, 0.6) is 0 Å². The Balaban J connectivity index is 1.98. The van der Waals surface area contributed by atoms with E-state index in [0.717, 1.165) is 5.56 Å². The van der Waals surface area contributed by atoms with E-state index in [9.17, 15) is 13.2 Å². The van der Waals surface area contributed by atoms with Gasteiger partial charge in [0.2, 0.25) is 0 Å². The van der Waals surface area contributed by atoms with Crippen molar-refractivity contribution in [3.63, 3.8) is 0 Å². The summed E-state index contributed by atoms with van der Waals surface area (Å²) in [6.07, 6.45) is 1.10. The molecule has 0 N–H and O–H groups in total. The van der Waals surface area contributed by atoms with Crippen LogP contribution in [0.25, 0.3) is 11.3 Å². The number of rotatable bonds is 5. The minimum atomic E-state index is -3.77. The number of hydrogen-bond donors (Lipinski definition) is 0. The van der Waals surface area contributed by atoms with Crippen LogP contribution in [0.2, 0.25) is 0 Å². The Morgan fingerprint density at radius 1 is 1.17 bits per heavy atom. The third-order valence-electron chi connectivity index (χ3n) is 4.08. The lowest BCUT2D eigenvalue weighted by atomic mass is 10.2. The Hall–Kier alpha value is -2.58. The van der Waals surface area contributed by atoms with Crippen molar-refractivity contribution in [2.24, 2.45) is 0 Å². The predicted octanol–water partition coefficient (Wildman–Crippen LogP) is 4.82. The Kier molecular flexibility index (Phi) is 5.86. The van der Waals surface area contributed by atoms with Crippen LogP contribution >= 0.6 is 11.3 Å². The molecule has 2 heterocycles. The van der Waals surface area contributed by atoms with Gasteiger partial charge in [0.05, 0.1) is 17.1 Å². The summed E-state index contributed by atoms with van der Waals surface area (Å²) in [5, 5.41) is 3.79. The second-order valence-electron chi connectivity index (χ2n) is 7.70. The van der Waals surface area contributed by atoms with Crippen molar-refractivity contribution in [3.05, 3.63) is 65.0 Å². The first-order chi connectivity index (χ1) is 13.6. The summed E-state index contributed by atoms with van der Waals surface area (Å²) in [7, 11) is -2.15. The second kappa shape index (κ2) is 8.04. The number of aromatic nitrogens is 1. The van der Waals surface area contributed by atoms with Crippen LogP contribution in [0, 0.1) is 0 Å². The van der Waals surface area contributed by atoms with Crippen LogP contribution in [0.15, 0.2) is 64.3 Å². The molecule has 1 amide bonds. The molecular weight excluding hydrogens is 408 g/mol. The molecule has 29 heavy (non-hydrogen) atoms. The maximum Gasteiger partial charge on any atom is 0.410 e. The normalized spacial score (nSPS) is 12.0. The van der Waals surface area contributed by atoms with Gasteiger partial charge in [-0.1, -0.05) is 18.2 Å². The molecule has 0 fully saturated rings. The highest BCUT2D eigenvalue weighted by Crippen LogP contribution is 2.29. The fraction of sp³-hybridized carbons (Fsp3) is 0.286. The van der Waals surface area contributed by atoms with Crippen LogP contribution in [-0.4, -0.2) is 36.0 Å². The zero-order valence-corrected chi connectivity index (χ0v) is 18.5. The Morgan fingerprint density at radius 2 is 1.86 bits per heavy atom. The van der Waals surface area contributed by atoms with Gasteiger partial charge in [-0.25, -0.2) is 17.2 Å². The highest BCUT2D eigenvalue weighted by Gasteiger charge is 2.24. The molecule has 1 aromatic carbocycles. The minimum absolute atomic E-state index is 0.208. The molecule has 0 saturated heterocycles. The van der Waals surface area contributed by atoms with Crippen molar-refractivity contribution >= 4 is 27.5 Å². The molecule has 3 aromatic rings. The van der Waals surface area contributed by atoms with Gasteiger partial charge in [0.15, 0.2) is 0 Å². The van der Waals surface area contributed by atoms with Crippen molar-refractivity contribution in [1.29, 1.82) is 0 Å². The van der Waals surface area contributed by atoms with Gasteiger partial charge in [0.25, 0.3) is 10.0 Å². The first-order valence-electron chi connectivity index (χ1n) is 9.06. The van der Waals surface area contributed by atoms with E-state index in [1.807, 2.05) is 16.8 Å². The lowest BCUT2D eigenvalue weighted by Crippen LogP contribution is -2.33. The molecule has 0 unspecified atom stereocenters. The number of nitrogens with zero attached hydrogens (tertiary/aromatic N) is 2. The summed E-state index contributed by atoms with van der Waals surface area (Å²) < 4.78 is 33.1. The van der Waals surface area contributed by atoms with Crippen LogP contribution in [0.1, 0.15) is 26.3 Å². The molecule has 154 valence electrons. The van der Waals surface area contributed by atoms with Crippen molar-refractivity contribution in [2.45, 2.75) is 37.8 Å². The van der Waals surface area contributed by atoms with Gasteiger partial charge >= 0.3 is 6.09 Å². The van der Waals surface area contributed by atoms with Gasteiger partial charge < -0.3 is 9.64 Å². The summed E-state index contributed by atoms with van der Waals surface area (Å²) in [5.41, 5.74) is 1.46. The molecular formula is C21H24N2O4S2. The average molecular weight is 433 g/mol. The van der Waals surface area contributed by atoms with E-state index >= 15 is 0 Å². The molecule has 0 aliphatic rings. The molecule has 8 heteroatoms. The topological polar surface area (TPSA) is 68.6 Å².